The highest BCUT2D eigenvalue weighted by atomic mass is 79.9. The number of ketones is 2. The highest BCUT2D eigenvalue weighted by Gasteiger charge is 2.36. The van der Waals surface area contributed by atoms with Crippen molar-refractivity contribution < 1.29 is 14.3 Å². The first-order valence-corrected chi connectivity index (χ1v) is 8.30. The van der Waals surface area contributed by atoms with E-state index in [0.29, 0.717) is 34.3 Å². The highest BCUT2D eigenvalue weighted by Crippen LogP contribution is 2.34. The third-order valence-electron chi connectivity index (χ3n) is 4.31. The molecule has 0 aromatic heterocycles. The van der Waals surface area contributed by atoms with Gasteiger partial charge in [-0.2, -0.15) is 0 Å². The van der Waals surface area contributed by atoms with Crippen molar-refractivity contribution >= 4 is 38.3 Å². The zero-order chi connectivity index (χ0) is 16.0. The molecule has 1 atom stereocenters. The summed E-state index contributed by atoms with van der Waals surface area (Å²) in [6.45, 7) is 1.82. The Morgan fingerprint density at radius 3 is 2.30 bits per heavy atom. The molecule has 2 aliphatic rings. The van der Waals surface area contributed by atoms with E-state index in [0.717, 1.165) is 17.3 Å². The van der Waals surface area contributed by atoms with E-state index in [4.69, 9.17) is 4.74 Å². The fourth-order valence-electron chi connectivity index (χ4n) is 3.14. The first-order chi connectivity index (χ1) is 11.2. The third-order valence-corrected chi connectivity index (χ3v) is 5.09. The van der Waals surface area contributed by atoms with Gasteiger partial charge in [0.25, 0.3) is 0 Å². The van der Waals surface area contributed by atoms with Crippen LogP contribution in [0, 0.1) is 0 Å². The third kappa shape index (κ3) is 2.36. The molecule has 1 heterocycles. The molecule has 4 rings (SSSR count). The monoisotopic (exact) mass is 371 g/mol. The molecule has 1 N–H and O–H groups in total. The van der Waals surface area contributed by atoms with Crippen LogP contribution in [0.2, 0.25) is 0 Å². The van der Waals surface area contributed by atoms with Gasteiger partial charge in [0.15, 0.2) is 5.78 Å². The van der Waals surface area contributed by atoms with E-state index in [1.165, 1.54) is 0 Å². The molecular weight excluding hydrogens is 358 g/mol. The number of morpholine rings is 1. The summed E-state index contributed by atoms with van der Waals surface area (Å²) in [5.41, 5.74) is 1.33. The van der Waals surface area contributed by atoms with Crippen molar-refractivity contribution in [1.29, 1.82) is 0 Å². The van der Waals surface area contributed by atoms with E-state index in [2.05, 4.69) is 21.2 Å². The molecule has 2 aromatic carbocycles. The molecule has 1 unspecified atom stereocenters. The Hall–Kier alpha value is -1.82. The minimum absolute atomic E-state index is 0.133. The Bertz CT molecular complexity index is 866. The van der Waals surface area contributed by atoms with Crippen LogP contribution in [0.5, 0.6) is 0 Å². The van der Waals surface area contributed by atoms with E-state index >= 15 is 0 Å². The average molecular weight is 372 g/mol. The Morgan fingerprint density at radius 1 is 1.04 bits per heavy atom. The number of ether oxygens (including phenoxy) is 1. The number of rotatable bonds is 1. The van der Waals surface area contributed by atoms with Gasteiger partial charge in [-0.1, -0.05) is 24.3 Å². The number of nitrogens with one attached hydrogen (secondary N) is 1. The highest BCUT2D eigenvalue weighted by molar-refractivity contribution is 9.12. The van der Waals surface area contributed by atoms with Crippen molar-refractivity contribution in [3.8, 4) is 0 Å². The average Bonchev–Trinajstić information content (AvgIpc) is 2.60. The zero-order valence-corrected chi connectivity index (χ0v) is 13.9. The number of hydrogen-bond donors (Lipinski definition) is 1. The van der Waals surface area contributed by atoms with Gasteiger partial charge in [0.2, 0.25) is 5.78 Å². The minimum Gasteiger partial charge on any atom is -0.371 e. The van der Waals surface area contributed by atoms with Crippen molar-refractivity contribution in [2.24, 2.45) is 0 Å². The summed E-state index contributed by atoms with van der Waals surface area (Å²) < 4.78 is 6.00. The molecule has 0 amide bonds. The van der Waals surface area contributed by atoms with Crippen molar-refractivity contribution in [3.63, 3.8) is 0 Å². The van der Waals surface area contributed by atoms with Crippen LogP contribution in [0.25, 0.3) is 10.8 Å². The van der Waals surface area contributed by atoms with E-state index in [1.54, 1.807) is 12.1 Å². The van der Waals surface area contributed by atoms with Gasteiger partial charge in [0.1, 0.15) is 0 Å². The van der Waals surface area contributed by atoms with Crippen molar-refractivity contribution in [1.82, 2.24) is 5.32 Å². The summed E-state index contributed by atoms with van der Waals surface area (Å²) >= 11 is 3.33. The summed E-state index contributed by atoms with van der Waals surface area (Å²) in [5.74, 6) is -0.291. The SMILES string of the molecule is O=C1C(Br)=C(C2CNCCO2)C(=O)c2cc3ccccc3cc21. The van der Waals surface area contributed by atoms with E-state index in [-0.39, 0.29) is 11.6 Å². The molecule has 23 heavy (non-hydrogen) atoms. The Morgan fingerprint density at radius 2 is 1.70 bits per heavy atom. The normalized spacial score (nSPS) is 21.7. The maximum atomic E-state index is 13.0. The standard InChI is InChI=1S/C18H14BrNO3/c19-16-15(14-9-20-5-6-23-14)17(21)12-7-10-3-1-2-4-11(10)8-13(12)18(16)22/h1-4,7-8,14,20H,5-6,9H2. The second kappa shape index (κ2) is 5.67. The molecule has 1 saturated heterocycles. The number of hydrogen-bond acceptors (Lipinski definition) is 4. The molecule has 116 valence electrons. The number of fused-ring (bicyclic) bond motifs is 2. The lowest BCUT2D eigenvalue weighted by atomic mass is 9.85. The molecule has 0 bridgehead atoms. The van der Waals surface area contributed by atoms with Gasteiger partial charge in [0.05, 0.1) is 17.2 Å². The van der Waals surface area contributed by atoms with Gasteiger partial charge in [-0.05, 0) is 38.8 Å². The maximum absolute atomic E-state index is 13.0. The number of Topliss-reactive ketones (excluding diaryl/α,β-unsaturated/α-hetero) is 2. The first-order valence-electron chi connectivity index (χ1n) is 7.51. The van der Waals surface area contributed by atoms with Crippen LogP contribution in [0.3, 0.4) is 0 Å². The van der Waals surface area contributed by atoms with Gasteiger partial charge in [0, 0.05) is 29.8 Å². The molecule has 1 aliphatic heterocycles. The summed E-state index contributed by atoms with van der Waals surface area (Å²) in [5, 5.41) is 5.10. The fraction of sp³-hybridized carbons (Fsp3) is 0.222. The lowest BCUT2D eigenvalue weighted by molar-refractivity contribution is 0.0476. The summed E-state index contributed by atoms with van der Waals surface area (Å²) in [6, 6.07) is 11.3. The quantitative estimate of drug-likeness (QED) is 0.837. The number of benzene rings is 2. The molecule has 0 radical (unpaired) electrons. The number of carbonyl (C=O) groups is 2. The van der Waals surface area contributed by atoms with Gasteiger partial charge in [-0.15, -0.1) is 0 Å². The van der Waals surface area contributed by atoms with Gasteiger partial charge < -0.3 is 10.1 Å². The Labute approximate surface area is 141 Å². The summed E-state index contributed by atoms with van der Waals surface area (Å²) in [6.07, 6.45) is -0.394. The molecule has 5 heteroatoms. The van der Waals surface area contributed by atoms with Crippen LogP contribution in [0.15, 0.2) is 46.5 Å². The smallest absolute Gasteiger partial charge is 0.201 e. The lowest BCUT2D eigenvalue weighted by Gasteiger charge is -2.28. The first kappa shape index (κ1) is 14.8. The van der Waals surface area contributed by atoms with Gasteiger partial charge in [-0.3, -0.25) is 9.59 Å². The minimum atomic E-state index is -0.394. The topological polar surface area (TPSA) is 55.4 Å². The Balaban J connectivity index is 1.87. The van der Waals surface area contributed by atoms with Crippen LogP contribution in [-0.4, -0.2) is 37.4 Å². The molecule has 0 spiro atoms. The predicted molar refractivity (Wildman–Crippen MR) is 91.2 cm³/mol. The number of halogens is 1. The number of allylic oxidation sites excluding steroid dienone is 1. The zero-order valence-electron chi connectivity index (χ0n) is 12.3. The van der Waals surface area contributed by atoms with Crippen LogP contribution >= 0.6 is 15.9 Å². The molecule has 1 fully saturated rings. The second-order valence-electron chi connectivity index (χ2n) is 5.69. The summed E-state index contributed by atoms with van der Waals surface area (Å²) in [4.78, 5) is 25.7. The van der Waals surface area contributed by atoms with Crippen molar-refractivity contribution in [2.75, 3.05) is 19.7 Å². The van der Waals surface area contributed by atoms with E-state index in [1.807, 2.05) is 24.3 Å². The van der Waals surface area contributed by atoms with Crippen LogP contribution < -0.4 is 5.32 Å². The van der Waals surface area contributed by atoms with Crippen LogP contribution in [-0.2, 0) is 4.74 Å². The fourth-order valence-corrected chi connectivity index (χ4v) is 3.79. The largest absolute Gasteiger partial charge is 0.371 e. The molecule has 4 nitrogen and oxygen atoms in total. The van der Waals surface area contributed by atoms with Crippen molar-refractivity contribution in [2.45, 2.75) is 6.10 Å². The maximum Gasteiger partial charge on any atom is 0.201 e. The van der Waals surface area contributed by atoms with Crippen molar-refractivity contribution in [3.05, 3.63) is 57.6 Å². The van der Waals surface area contributed by atoms with Crippen LogP contribution in [0.1, 0.15) is 20.7 Å². The molecular formula is C18H14BrNO3. The predicted octanol–water partition coefficient (Wildman–Crippen LogP) is 2.86. The van der Waals surface area contributed by atoms with Gasteiger partial charge >= 0.3 is 0 Å². The second-order valence-corrected chi connectivity index (χ2v) is 6.49. The van der Waals surface area contributed by atoms with Gasteiger partial charge in [-0.25, -0.2) is 0 Å². The molecule has 1 aliphatic carbocycles. The molecule has 0 saturated carbocycles. The Kier molecular flexibility index (Phi) is 3.64. The molecule has 2 aromatic rings. The van der Waals surface area contributed by atoms with Crippen LogP contribution in [0.4, 0.5) is 0 Å². The summed E-state index contributed by atoms with van der Waals surface area (Å²) in [7, 11) is 0. The lowest BCUT2D eigenvalue weighted by Crippen LogP contribution is -2.42. The van der Waals surface area contributed by atoms with E-state index in [9.17, 15) is 9.59 Å². The number of carbonyl (C=O) groups excluding carboxylic acids is 2. The van der Waals surface area contributed by atoms with E-state index < -0.39 is 6.10 Å².